The average Bonchev–Trinajstić information content (AvgIpc) is 2.85. The van der Waals surface area contributed by atoms with Gasteiger partial charge in [-0.15, -0.1) is 0 Å². The van der Waals surface area contributed by atoms with Gasteiger partial charge < -0.3 is 5.32 Å². The Balaban J connectivity index is 2.06. The Morgan fingerprint density at radius 1 is 1.54 bits per heavy atom. The molecule has 1 aromatic rings. The van der Waals surface area contributed by atoms with Crippen LogP contribution >= 0.6 is 0 Å². The van der Waals surface area contributed by atoms with Crippen molar-refractivity contribution in [3.8, 4) is 0 Å². The topological polar surface area (TPSA) is 54.9 Å². The fourth-order valence-corrected chi connectivity index (χ4v) is 1.07. The molecule has 2 rings (SSSR count). The molecule has 1 fully saturated rings. The van der Waals surface area contributed by atoms with Gasteiger partial charge in [0.05, 0.1) is 6.20 Å². The van der Waals surface area contributed by atoms with Crippen LogP contribution < -0.4 is 5.32 Å². The van der Waals surface area contributed by atoms with E-state index in [-0.39, 0.29) is 11.4 Å². The molecule has 4 nitrogen and oxygen atoms in total. The lowest BCUT2D eigenvalue weighted by Gasteiger charge is -2.09. The van der Waals surface area contributed by atoms with Gasteiger partial charge in [0, 0.05) is 17.9 Å². The third-order valence-electron chi connectivity index (χ3n) is 2.21. The van der Waals surface area contributed by atoms with Gasteiger partial charge in [-0.25, -0.2) is 4.98 Å². The number of hydrogen-bond acceptors (Lipinski definition) is 3. The van der Waals surface area contributed by atoms with E-state index >= 15 is 0 Å². The molecule has 0 unspecified atom stereocenters. The van der Waals surface area contributed by atoms with Crippen LogP contribution in [0, 0.1) is 0 Å². The number of nitrogens with one attached hydrogen (secondary N) is 1. The van der Waals surface area contributed by atoms with Crippen LogP contribution in [0.3, 0.4) is 0 Å². The number of carbonyl (C=O) groups excluding carboxylic acids is 1. The lowest BCUT2D eigenvalue weighted by molar-refractivity contribution is 0.0930. The predicted octanol–water partition coefficient (Wildman–Crippen LogP) is 0.759. The highest BCUT2D eigenvalue weighted by molar-refractivity contribution is 5.92. The second-order valence-electron chi connectivity index (χ2n) is 3.61. The minimum Gasteiger partial charge on any atom is -0.345 e. The highest BCUT2D eigenvalue weighted by Crippen LogP contribution is 2.34. The lowest BCUT2D eigenvalue weighted by Crippen LogP contribution is -2.34. The first-order valence-corrected chi connectivity index (χ1v) is 4.28. The molecule has 1 aromatic heterocycles. The maximum absolute atomic E-state index is 11.5. The summed E-state index contributed by atoms with van der Waals surface area (Å²) in [7, 11) is 0. The third-order valence-corrected chi connectivity index (χ3v) is 2.21. The highest BCUT2D eigenvalue weighted by Gasteiger charge is 2.38. The quantitative estimate of drug-likeness (QED) is 0.725. The Morgan fingerprint density at radius 2 is 2.31 bits per heavy atom. The van der Waals surface area contributed by atoms with Crippen LogP contribution in [0.5, 0.6) is 0 Å². The zero-order chi connectivity index (χ0) is 9.31. The Hall–Kier alpha value is -1.45. The van der Waals surface area contributed by atoms with Gasteiger partial charge in [-0.05, 0) is 19.8 Å². The van der Waals surface area contributed by atoms with Crippen LogP contribution in [0.25, 0.3) is 0 Å². The molecule has 1 aliphatic rings. The summed E-state index contributed by atoms with van der Waals surface area (Å²) in [4.78, 5) is 19.2. The SMILES string of the molecule is CC1(NC(=O)c2cnccn2)CC1. The molecular weight excluding hydrogens is 166 g/mol. The molecule has 0 atom stereocenters. The van der Waals surface area contributed by atoms with Crippen molar-refractivity contribution >= 4 is 5.91 Å². The first-order valence-electron chi connectivity index (χ1n) is 4.28. The molecular formula is C9H11N3O. The summed E-state index contributed by atoms with van der Waals surface area (Å²) in [6.45, 7) is 2.03. The smallest absolute Gasteiger partial charge is 0.271 e. The molecule has 0 spiro atoms. The van der Waals surface area contributed by atoms with E-state index in [0.29, 0.717) is 5.69 Å². The zero-order valence-electron chi connectivity index (χ0n) is 7.45. The minimum atomic E-state index is -0.131. The predicted molar refractivity (Wildman–Crippen MR) is 47.1 cm³/mol. The molecule has 68 valence electrons. The Kier molecular flexibility index (Phi) is 1.76. The molecule has 1 saturated carbocycles. The minimum absolute atomic E-state index is 0.00854. The molecule has 1 heterocycles. The number of nitrogens with zero attached hydrogens (tertiary/aromatic N) is 2. The zero-order valence-corrected chi connectivity index (χ0v) is 7.45. The van der Waals surface area contributed by atoms with Crippen LogP contribution in [0.1, 0.15) is 30.3 Å². The second-order valence-corrected chi connectivity index (χ2v) is 3.61. The van der Waals surface area contributed by atoms with Gasteiger partial charge in [-0.3, -0.25) is 9.78 Å². The van der Waals surface area contributed by atoms with Gasteiger partial charge in [-0.2, -0.15) is 0 Å². The van der Waals surface area contributed by atoms with Crippen molar-refractivity contribution in [1.82, 2.24) is 15.3 Å². The number of amides is 1. The maximum Gasteiger partial charge on any atom is 0.271 e. The van der Waals surface area contributed by atoms with Crippen LogP contribution in [0.4, 0.5) is 0 Å². The van der Waals surface area contributed by atoms with Crippen molar-refractivity contribution in [1.29, 1.82) is 0 Å². The summed E-state index contributed by atoms with van der Waals surface area (Å²) in [6, 6.07) is 0. The molecule has 13 heavy (non-hydrogen) atoms. The number of hydrogen-bond donors (Lipinski definition) is 1. The van der Waals surface area contributed by atoms with E-state index in [9.17, 15) is 4.79 Å². The monoisotopic (exact) mass is 177 g/mol. The van der Waals surface area contributed by atoms with Crippen molar-refractivity contribution < 1.29 is 4.79 Å². The van der Waals surface area contributed by atoms with Gasteiger partial charge in [0.1, 0.15) is 5.69 Å². The van der Waals surface area contributed by atoms with E-state index in [1.54, 1.807) is 6.20 Å². The molecule has 0 aromatic carbocycles. The van der Waals surface area contributed by atoms with E-state index in [0.717, 1.165) is 12.8 Å². The molecule has 1 aliphatic carbocycles. The number of rotatable bonds is 2. The lowest BCUT2D eigenvalue weighted by atomic mass is 10.3. The van der Waals surface area contributed by atoms with E-state index < -0.39 is 0 Å². The Bertz CT molecular complexity index is 319. The normalized spacial score (nSPS) is 17.9. The molecule has 1 amide bonds. The van der Waals surface area contributed by atoms with E-state index in [1.807, 2.05) is 6.92 Å². The summed E-state index contributed by atoms with van der Waals surface area (Å²) >= 11 is 0. The molecule has 0 radical (unpaired) electrons. The number of carbonyl (C=O) groups is 1. The Morgan fingerprint density at radius 3 is 2.85 bits per heavy atom. The van der Waals surface area contributed by atoms with Crippen molar-refractivity contribution in [2.45, 2.75) is 25.3 Å². The summed E-state index contributed by atoms with van der Waals surface area (Å²) in [5, 5.41) is 2.91. The van der Waals surface area contributed by atoms with Gasteiger partial charge in [0.25, 0.3) is 5.91 Å². The van der Waals surface area contributed by atoms with Gasteiger partial charge >= 0.3 is 0 Å². The molecule has 1 N–H and O–H groups in total. The maximum atomic E-state index is 11.5. The van der Waals surface area contributed by atoms with E-state index in [4.69, 9.17) is 0 Å². The van der Waals surface area contributed by atoms with Gasteiger partial charge in [0.2, 0.25) is 0 Å². The summed E-state index contributed by atoms with van der Waals surface area (Å²) < 4.78 is 0. The standard InChI is InChI=1S/C9H11N3O/c1-9(2-3-9)12-8(13)7-6-10-4-5-11-7/h4-6H,2-3H2,1H3,(H,12,13). The summed E-state index contributed by atoms with van der Waals surface area (Å²) in [6.07, 6.45) is 6.65. The second kappa shape index (κ2) is 2.80. The first kappa shape index (κ1) is 8.16. The van der Waals surface area contributed by atoms with Crippen LogP contribution in [-0.2, 0) is 0 Å². The third kappa shape index (κ3) is 1.83. The average molecular weight is 177 g/mol. The van der Waals surface area contributed by atoms with Crippen molar-refractivity contribution in [3.63, 3.8) is 0 Å². The highest BCUT2D eigenvalue weighted by atomic mass is 16.2. The molecule has 4 heteroatoms. The van der Waals surface area contributed by atoms with E-state index in [1.165, 1.54) is 12.4 Å². The molecule has 0 aliphatic heterocycles. The van der Waals surface area contributed by atoms with Crippen LogP contribution in [0.15, 0.2) is 18.6 Å². The fraction of sp³-hybridized carbons (Fsp3) is 0.444. The fourth-order valence-electron chi connectivity index (χ4n) is 1.07. The van der Waals surface area contributed by atoms with Gasteiger partial charge in [-0.1, -0.05) is 0 Å². The number of aromatic nitrogens is 2. The van der Waals surface area contributed by atoms with Crippen LogP contribution in [-0.4, -0.2) is 21.4 Å². The van der Waals surface area contributed by atoms with Crippen molar-refractivity contribution in [3.05, 3.63) is 24.3 Å². The first-order chi connectivity index (χ1) is 6.20. The molecule has 0 saturated heterocycles. The Labute approximate surface area is 76.4 Å². The summed E-state index contributed by atoms with van der Waals surface area (Å²) in [5.41, 5.74) is 0.393. The largest absolute Gasteiger partial charge is 0.345 e. The summed E-state index contributed by atoms with van der Waals surface area (Å²) in [5.74, 6) is -0.131. The molecule has 0 bridgehead atoms. The van der Waals surface area contributed by atoms with Crippen molar-refractivity contribution in [2.75, 3.05) is 0 Å². The van der Waals surface area contributed by atoms with Crippen molar-refractivity contribution in [2.24, 2.45) is 0 Å². The van der Waals surface area contributed by atoms with Crippen LogP contribution in [0.2, 0.25) is 0 Å². The van der Waals surface area contributed by atoms with Gasteiger partial charge in [0.15, 0.2) is 0 Å². The van der Waals surface area contributed by atoms with E-state index in [2.05, 4.69) is 15.3 Å².